The third-order valence-electron chi connectivity index (χ3n) is 2.52. The van der Waals surface area contributed by atoms with E-state index in [4.69, 9.17) is 21.8 Å². The van der Waals surface area contributed by atoms with Crippen molar-refractivity contribution in [2.24, 2.45) is 0 Å². The summed E-state index contributed by atoms with van der Waals surface area (Å²) in [6.45, 7) is 1.52. The van der Waals surface area contributed by atoms with Crippen molar-refractivity contribution in [2.75, 3.05) is 12.8 Å². The number of benzene rings is 1. The van der Waals surface area contributed by atoms with Crippen LogP contribution in [-0.4, -0.2) is 11.9 Å². The number of nitrogens with zero attached hydrogens (tertiary/aromatic N) is 1. The molecular weight excluding hydrogens is 236 g/mol. The standard InChI is InChI=1S/C13H15ClN2O/c1-16(9-12-3-2-6-17-12)8-10-4-5-11(15)7-13(10)14/h2-7H,8-9,15H2,1H3. The number of nitrogen functional groups attached to an aromatic ring is 1. The van der Waals surface area contributed by atoms with E-state index in [1.54, 1.807) is 12.3 Å². The molecular formula is C13H15ClN2O. The third-order valence-corrected chi connectivity index (χ3v) is 2.88. The summed E-state index contributed by atoms with van der Waals surface area (Å²) in [6.07, 6.45) is 1.68. The molecule has 0 radical (unpaired) electrons. The van der Waals surface area contributed by atoms with E-state index in [9.17, 15) is 0 Å². The second-order valence-corrected chi connectivity index (χ2v) is 4.51. The Hall–Kier alpha value is -1.45. The van der Waals surface area contributed by atoms with E-state index in [1.807, 2.05) is 31.3 Å². The maximum Gasteiger partial charge on any atom is 0.117 e. The topological polar surface area (TPSA) is 42.4 Å². The van der Waals surface area contributed by atoms with E-state index in [1.165, 1.54) is 0 Å². The van der Waals surface area contributed by atoms with E-state index in [0.717, 1.165) is 24.4 Å². The van der Waals surface area contributed by atoms with Gasteiger partial charge in [-0.1, -0.05) is 17.7 Å². The van der Waals surface area contributed by atoms with Crippen LogP contribution in [0.2, 0.25) is 5.02 Å². The Bertz CT molecular complexity index is 482. The fraction of sp³-hybridized carbons (Fsp3) is 0.231. The van der Waals surface area contributed by atoms with Gasteiger partial charge in [0.1, 0.15) is 5.76 Å². The van der Waals surface area contributed by atoms with Crippen molar-refractivity contribution in [1.82, 2.24) is 4.90 Å². The lowest BCUT2D eigenvalue weighted by Crippen LogP contribution is -2.17. The fourth-order valence-electron chi connectivity index (χ4n) is 1.71. The van der Waals surface area contributed by atoms with Crippen molar-refractivity contribution in [3.05, 3.63) is 52.9 Å². The highest BCUT2D eigenvalue weighted by atomic mass is 35.5. The first-order valence-corrected chi connectivity index (χ1v) is 5.78. The van der Waals surface area contributed by atoms with Gasteiger partial charge in [-0.3, -0.25) is 4.90 Å². The lowest BCUT2D eigenvalue weighted by atomic mass is 10.2. The van der Waals surface area contributed by atoms with Crippen LogP contribution in [0, 0.1) is 0 Å². The Balaban J connectivity index is 2.00. The van der Waals surface area contributed by atoms with Gasteiger partial charge in [0.15, 0.2) is 0 Å². The van der Waals surface area contributed by atoms with Crippen LogP contribution < -0.4 is 5.73 Å². The van der Waals surface area contributed by atoms with E-state index in [0.29, 0.717) is 10.7 Å². The molecule has 0 atom stereocenters. The first kappa shape index (κ1) is 12.0. The molecule has 0 spiro atoms. The summed E-state index contributed by atoms with van der Waals surface area (Å²) in [5, 5.41) is 0.705. The summed E-state index contributed by atoms with van der Waals surface area (Å²) in [7, 11) is 2.02. The molecule has 2 rings (SSSR count). The minimum absolute atomic E-state index is 0.687. The second kappa shape index (κ2) is 5.25. The van der Waals surface area contributed by atoms with Gasteiger partial charge in [-0.2, -0.15) is 0 Å². The summed E-state index contributed by atoms with van der Waals surface area (Å²) in [5.41, 5.74) is 7.41. The van der Waals surface area contributed by atoms with Gasteiger partial charge < -0.3 is 10.2 Å². The summed E-state index contributed by atoms with van der Waals surface area (Å²) < 4.78 is 5.30. The quantitative estimate of drug-likeness (QED) is 0.848. The van der Waals surface area contributed by atoms with E-state index in [-0.39, 0.29) is 0 Å². The molecule has 2 N–H and O–H groups in total. The van der Waals surface area contributed by atoms with Gasteiger partial charge in [-0.05, 0) is 36.9 Å². The molecule has 1 heterocycles. The predicted octanol–water partition coefficient (Wildman–Crippen LogP) is 3.15. The summed E-state index contributed by atoms with van der Waals surface area (Å²) >= 11 is 6.13. The molecule has 0 amide bonds. The zero-order valence-electron chi connectivity index (χ0n) is 9.69. The van der Waals surface area contributed by atoms with Gasteiger partial charge in [-0.15, -0.1) is 0 Å². The van der Waals surface area contributed by atoms with Gasteiger partial charge in [0.2, 0.25) is 0 Å². The highest BCUT2D eigenvalue weighted by Gasteiger charge is 2.06. The number of hydrogen-bond donors (Lipinski definition) is 1. The van der Waals surface area contributed by atoms with Crippen molar-refractivity contribution < 1.29 is 4.42 Å². The molecule has 3 nitrogen and oxygen atoms in total. The molecule has 0 bridgehead atoms. The summed E-state index contributed by atoms with van der Waals surface area (Å²) in [6, 6.07) is 9.44. The van der Waals surface area contributed by atoms with Crippen LogP contribution in [-0.2, 0) is 13.1 Å². The highest BCUT2D eigenvalue weighted by Crippen LogP contribution is 2.20. The van der Waals surface area contributed by atoms with Crippen LogP contribution in [0.1, 0.15) is 11.3 Å². The van der Waals surface area contributed by atoms with Crippen LogP contribution in [0.4, 0.5) is 5.69 Å². The maximum absolute atomic E-state index is 6.13. The van der Waals surface area contributed by atoms with Crippen molar-refractivity contribution >= 4 is 17.3 Å². The molecule has 0 saturated carbocycles. The Kier molecular flexibility index (Phi) is 3.71. The van der Waals surface area contributed by atoms with Crippen molar-refractivity contribution in [1.29, 1.82) is 0 Å². The number of rotatable bonds is 4. The first-order chi connectivity index (χ1) is 8.15. The number of furan rings is 1. The largest absolute Gasteiger partial charge is 0.468 e. The molecule has 90 valence electrons. The predicted molar refractivity (Wildman–Crippen MR) is 69.7 cm³/mol. The van der Waals surface area contributed by atoms with Crippen molar-refractivity contribution in [3.8, 4) is 0 Å². The van der Waals surface area contributed by atoms with Crippen molar-refractivity contribution in [3.63, 3.8) is 0 Å². The smallest absolute Gasteiger partial charge is 0.117 e. The first-order valence-electron chi connectivity index (χ1n) is 5.40. The zero-order chi connectivity index (χ0) is 12.3. The molecule has 0 unspecified atom stereocenters. The minimum atomic E-state index is 0.687. The molecule has 0 aliphatic rings. The Morgan fingerprint density at radius 2 is 2.12 bits per heavy atom. The van der Waals surface area contributed by atoms with Crippen LogP contribution in [0.15, 0.2) is 41.0 Å². The molecule has 1 aromatic carbocycles. The van der Waals surface area contributed by atoms with E-state index < -0.39 is 0 Å². The minimum Gasteiger partial charge on any atom is -0.468 e. The number of nitrogens with two attached hydrogens (primary N) is 1. The molecule has 0 aliphatic heterocycles. The molecule has 4 heteroatoms. The number of hydrogen-bond acceptors (Lipinski definition) is 3. The monoisotopic (exact) mass is 250 g/mol. The molecule has 17 heavy (non-hydrogen) atoms. The highest BCUT2D eigenvalue weighted by molar-refractivity contribution is 6.31. The maximum atomic E-state index is 6.13. The Labute approximate surface area is 106 Å². The van der Waals surface area contributed by atoms with Crippen molar-refractivity contribution in [2.45, 2.75) is 13.1 Å². The van der Waals surface area contributed by atoms with E-state index in [2.05, 4.69) is 4.90 Å². The average Bonchev–Trinajstić information content (AvgIpc) is 2.75. The molecule has 0 fully saturated rings. The van der Waals surface area contributed by atoms with Crippen LogP contribution in [0.25, 0.3) is 0 Å². The normalized spacial score (nSPS) is 11.0. The van der Waals surface area contributed by atoms with Gasteiger partial charge in [0.25, 0.3) is 0 Å². The Morgan fingerprint density at radius 1 is 1.29 bits per heavy atom. The Morgan fingerprint density at radius 3 is 2.76 bits per heavy atom. The van der Waals surface area contributed by atoms with Gasteiger partial charge in [0, 0.05) is 17.3 Å². The van der Waals surface area contributed by atoms with Gasteiger partial charge in [-0.25, -0.2) is 0 Å². The SMILES string of the molecule is CN(Cc1ccco1)Cc1ccc(N)cc1Cl. The summed E-state index contributed by atoms with van der Waals surface area (Å²) in [4.78, 5) is 2.14. The third kappa shape index (κ3) is 3.25. The van der Waals surface area contributed by atoms with Crippen LogP contribution in [0.5, 0.6) is 0 Å². The molecule has 1 aromatic heterocycles. The fourth-order valence-corrected chi connectivity index (χ4v) is 1.96. The zero-order valence-corrected chi connectivity index (χ0v) is 10.4. The number of halogens is 1. The molecule has 2 aromatic rings. The number of anilines is 1. The van der Waals surface area contributed by atoms with E-state index >= 15 is 0 Å². The molecule has 0 saturated heterocycles. The molecule has 0 aliphatic carbocycles. The van der Waals surface area contributed by atoms with Crippen LogP contribution in [0.3, 0.4) is 0 Å². The van der Waals surface area contributed by atoms with Crippen LogP contribution >= 0.6 is 11.6 Å². The summed E-state index contributed by atoms with van der Waals surface area (Å²) in [5.74, 6) is 0.944. The average molecular weight is 251 g/mol. The second-order valence-electron chi connectivity index (χ2n) is 4.10. The van der Waals surface area contributed by atoms with Gasteiger partial charge >= 0.3 is 0 Å². The lowest BCUT2D eigenvalue weighted by Gasteiger charge is -2.16. The van der Waals surface area contributed by atoms with Gasteiger partial charge in [0.05, 0.1) is 12.8 Å². The lowest BCUT2D eigenvalue weighted by molar-refractivity contribution is 0.288.